The second-order valence-electron chi connectivity index (χ2n) is 3.26. The Hall–Kier alpha value is -1.96. The number of nitrogens with two attached hydrogens (primary N) is 2. The fourth-order valence-electron chi connectivity index (χ4n) is 1.17. The van der Waals surface area contributed by atoms with Gasteiger partial charge in [0, 0.05) is 11.8 Å². The zero-order valence-corrected chi connectivity index (χ0v) is 9.16. The van der Waals surface area contributed by atoms with Crippen LogP contribution in [0.1, 0.15) is 10.4 Å². The molecule has 1 aromatic rings. The highest BCUT2D eigenvalue weighted by Crippen LogP contribution is 2.22. The lowest BCUT2D eigenvalue weighted by Gasteiger charge is -2.11. The second kappa shape index (κ2) is 5.58. The predicted molar refractivity (Wildman–Crippen MR) is 56.9 cm³/mol. The van der Waals surface area contributed by atoms with Crippen LogP contribution < -0.4 is 16.2 Å². The number of carbonyl (C=O) groups is 1. The zero-order valence-electron chi connectivity index (χ0n) is 9.16. The Morgan fingerprint density at radius 1 is 1.28 bits per heavy atom. The van der Waals surface area contributed by atoms with Crippen molar-refractivity contribution in [2.45, 2.75) is 6.36 Å². The van der Waals surface area contributed by atoms with Gasteiger partial charge in [0.15, 0.2) is 0 Å². The quantitative estimate of drug-likeness (QED) is 0.619. The largest absolute Gasteiger partial charge is 0.522 e. The first kappa shape index (κ1) is 14.1. The van der Waals surface area contributed by atoms with Gasteiger partial charge in [0.05, 0.1) is 12.2 Å². The molecule has 0 unspecified atom stereocenters. The average molecular weight is 264 g/mol. The van der Waals surface area contributed by atoms with Gasteiger partial charge in [-0.15, -0.1) is 13.2 Å². The molecule has 0 aliphatic carbocycles. The molecule has 4 N–H and O–H groups in total. The molecular weight excluding hydrogens is 253 g/mol. The molecule has 0 radical (unpaired) electrons. The number of amides is 1. The minimum absolute atomic E-state index is 0.0216. The summed E-state index contributed by atoms with van der Waals surface area (Å²) in [5.41, 5.74) is 10.9. The van der Waals surface area contributed by atoms with Crippen LogP contribution >= 0.6 is 0 Å². The number of rotatable bonds is 5. The molecule has 1 amide bonds. The average Bonchev–Trinajstić information content (AvgIpc) is 2.22. The number of primary amides is 1. The summed E-state index contributed by atoms with van der Waals surface area (Å²) in [5, 5.41) is 0. The second-order valence-corrected chi connectivity index (χ2v) is 3.26. The molecule has 8 heteroatoms. The van der Waals surface area contributed by atoms with Gasteiger partial charge >= 0.3 is 6.36 Å². The van der Waals surface area contributed by atoms with Gasteiger partial charge in [0.2, 0.25) is 0 Å². The van der Waals surface area contributed by atoms with E-state index >= 15 is 0 Å². The van der Waals surface area contributed by atoms with Crippen LogP contribution in [0.15, 0.2) is 18.2 Å². The third-order valence-electron chi connectivity index (χ3n) is 1.88. The maximum absolute atomic E-state index is 11.7. The van der Waals surface area contributed by atoms with Crippen molar-refractivity contribution in [2.24, 2.45) is 5.73 Å². The topological polar surface area (TPSA) is 87.6 Å². The highest BCUT2D eigenvalue weighted by Gasteiger charge is 2.28. The summed E-state index contributed by atoms with van der Waals surface area (Å²) in [6, 6.07) is 4.06. The van der Waals surface area contributed by atoms with Crippen LogP contribution in [0.2, 0.25) is 0 Å². The normalized spacial score (nSPS) is 11.3. The number of hydrogen-bond donors (Lipinski definition) is 2. The summed E-state index contributed by atoms with van der Waals surface area (Å²) in [6.45, 7) is -1.08. The van der Waals surface area contributed by atoms with E-state index in [9.17, 15) is 18.0 Å². The summed E-state index contributed by atoms with van der Waals surface area (Å²) in [6.07, 6.45) is -4.72. The molecular formula is C10H11F3N2O3. The SMILES string of the molecule is NC(=O)c1ccc(N)cc1OCCOC(F)(F)F. The van der Waals surface area contributed by atoms with E-state index in [1.54, 1.807) is 0 Å². The molecule has 0 saturated heterocycles. The summed E-state index contributed by atoms with van der Waals surface area (Å²) in [7, 11) is 0. The zero-order chi connectivity index (χ0) is 13.8. The number of hydrogen-bond acceptors (Lipinski definition) is 4. The minimum atomic E-state index is -4.72. The molecule has 0 aliphatic rings. The fourth-order valence-corrected chi connectivity index (χ4v) is 1.17. The number of anilines is 1. The number of carbonyl (C=O) groups excluding carboxylic acids is 1. The molecule has 0 spiro atoms. The van der Waals surface area contributed by atoms with Crippen molar-refractivity contribution in [1.82, 2.24) is 0 Å². The van der Waals surface area contributed by atoms with E-state index in [2.05, 4.69) is 4.74 Å². The molecule has 0 aliphatic heterocycles. The van der Waals surface area contributed by atoms with Gasteiger partial charge in [-0.25, -0.2) is 0 Å². The van der Waals surface area contributed by atoms with Crippen LogP contribution in [-0.2, 0) is 4.74 Å². The van der Waals surface area contributed by atoms with Gasteiger partial charge in [-0.05, 0) is 12.1 Å². The van der Waals surface area contributed by atoms with Crippen molar-refractivity contribution in [1.29, 1.82) is 0 Å². The first-order chi connectivity index (χ1) is 8.29. The van der Waals surface area contributed by atoms with Gasteiger partial charge < -0.3 is 16.2 Å². The Bertz CT molecular complexity index is 435. The molecule has 0 saturated carbocycles. The van der Waals surface area contributed by atoms with Crippen LogP contribution in [0, 0.1) is 0 Å². The lowest BCUT2D eigenvalue weighted by molar-refractivity contribution is -0.325. The van der Waals surface area contributed by atoms with Gasteiger partial charge in [-0.1, -0.05) is 0 Å². The van der Waals surface area contributed by atoms with E-state index in [-0.39, 0.29) is 17.9 Å². The number of benzene rings is 1. The highest BCUT2D eigenvalue weighted by atomic mass is 19.4. The van der Waals surface area contributed by atoms with E-state index in [0.717, 1.165) is 0 Å². The molecule has 18 heavy (non-hydrogen) atoms. The third-order valence-corrected chi connectivity index (χ3v) is 1.88. The van der Waals surface area contributed by atoms with E-state index in [1.807, 2.05) is 0 Å². The molecule has 0 bridgehead atoms. The van der Waals surface area contributed by atoms with Gasteiger partial charge in [0.25, 0.3) is 5.91 Å². The third kappa shape index (κ3) is 4.50. The Kier molecular flexibility index (Phi) is 4.38. The molecule has 0 aromatic heterocycles. The number of halogens is 3. The molecule has 0 atom stereocenters. The number of ether oxygens (including phenoxy) is 2. The number of alkyl halides is 3. The maximum Gasteiger partial charge on any atom is 0.522 e. The van der Waals surface area contributed by atoms with Crippen LogP contribution in [0.5, 0.6) is 5.75 Å². The summed E-state index contributed by atoms with van der Waals surface area (Å²) in [5.74, 6) is -0.741. The molecule has 0 heterocycles. The Morgan fingerprint density at radius 2 is 1.94 bits per heavy atom. The first-order valence-corrected chi connectivity index (χ1v) is 4.82. The van der Waals surface area contributed by atoms with Crippen LogP contribution in [-0.4, -0.2) is 25.5 Å². The van der Waals surface area contributed by atoms with Crippen LogP contribution in [0.4, 0.5) is 18.9 Å². The van der Waals surface area contributed by atoms with E-state index in [1.165, 1.54) is 18.2 Å². The van der Waals surface area contributed by atoms with E-state index in [0.29, 0.717) is 5.69 Å². The van der Waals surface area contributed by atoms with Gasteiger partial charge in [0.1, 0.15) is 12.4 Å². The van der Waals surface area contributed by atoms with Crippen molar-refractivity contribution in [3.63, 3.8) is 0 Å². The lowest BCUT2D eigenvalue weighted by Crippen LogP contribution is -2.19. The molecule has 1 aromatic carbocycles. The van der Waals surface area contributed by atoms with E-state index < -0.39 is 18.9 Å². The van der Waals surface area contributed by atoms with Gasteiger partial charge in [-0.3, -0.25) is 9.53 Å². The molecule has 0 fully saturated rings. The first-order valence-electron chi connectivity index (χ1n) is 4.82. The lowest BCUT2D eigenvalue weighted by atomic mass is 10.2. The van der Waals surface area contributed by atoms with Crippen molar-refractivity contribution in [2.75, 3.05) is 18.9 Å². The Labute approximate surface area is 100 Å². The number of nitrogen functional groups attached to an aromatic ring is 1. The van der Waals surface area contributed by atoms with Crippen LogP contribution in [0.3, 0.4) is 0 Å². The predicted octanol–water partition coefficient (Wildman–Crippen LogP) is 1.28. The smallest absolute Gasteiger partial charge is 0.490 e. The van der Waals surface area contributed by atoms with Crippen molar-refractivity contribution < 1.29 is 27.4 Å². The fraction of sp³-hybridized carbons (Fsp3) is 0.300. The summed E-state index contributed by atoms with van der Waals surface area (Å²) < 4.78 is 43.5. The molecule has 5 nitrogen and oxygen atoms in total. The Balaban J connectivity index is 2.61. The Morgan fingerprint density at radius 3 is 2.50 bits per heavy atom. The van der Waals surface area contributed by atoms with E-state index in [4.69, 9.17) is 16.2 Å². The van der Waals surface area contributed by atoms with Crippen molar-refractivity contribution >= 4 is 11.6 Å². The molecule has 100 valence electrons. The summed E-state index contributed by atoms with van der Waals surface area (Å²) >= 11 is 0. The van der Waals surface area contributed by atoms with Crippen molar-refractivity contribution in [3.8, 4) is 5.75 Å². The minimum Gasteiger partial charge on any atom is -0.490 e. The standard InChI is InChI=1S/C10H11F3N2O3/c11-10(12,13)18-4-3-17-8-5-6(14)1-2-7(8)9(15)16/h1-2,5H,3-4,14H2,(H2,15,16). The maximum atomic E-state index is 11.7. The monoisotopic (exact) mass is 264 g/mol. The molecule has 1 rings (SSSR count). The summed E-state index contributed by atoms with van der Waals surface area (Å²) in [4.78, 5) is 11.0. The van der Waals surface area contributed by atoms with Crippen molar-refractivity contribution in [3.05, 3.63) is 23.8 Å². The van der Waals surface area contributed by atoms with Gasteiger partial charge in [-0.2, -0.15) is 0 Å². The van der Waals surface area contributed by atoms with Crippen LogP contribution in [0.25, 0.3) is 0 Å². The highest BCUT2D eigenvalue weighted by molar-refractivity contribution is 5.96.